The van der Waals surface area contributed by atoms with Crippen LogP contribution in [0.25, 0.3) is 0 Å². The Labute approximate surface area is 167 Å². The van der Waals surface area contributed by atoms with Crippen molar-refractivity contribution in [3.63, 3.8) is 0 Å². The fraction of sp³-hybridized carbons (Fsp3) is 0.389. The lowest BCUT2D eigenvalue weighted by molar-refractivity contribution is -0.115. The molecule has 0 radical (unpaired) electrons. The molecule has 1 heterocycles. The summed E-state index contributed by atoms with van der Waals surface area (Å²) in [4.78, 5) is 13.6. The lowest BCUT2D eigenvalue weighted by Crippen LogP contribution is -2.35. The quantitative estimate of drug-likeness (QED) is 0.665. The van der Waals surface area contributed by atoms with E-state index < -0.39 is 6.10 Å². The fourth-order valence-corrected chi connectivity index (χ4v) is 3.37. The second kappa shape index (κ2) is 9.58. The molecule has 1 aromatic heterocycles. The third kappa shape index (κ3) is 5.34. The Balaban J connectivity index is 2.16. The highest BCUT2D eigenvalue weighted by molar-refractivity contribution is 7.08. The molecule has 0 aliphatic rings. The van der Waals surface area contributed by atoms with Crippen LogP contribution >= 0.6 is 34.5 Å². The second-order valence-corrected chi connectivity index (χ2v) is 7.61. The van der Waals surface area contributed by atoms with Gasteiger partial charge in [-0.25, -0.2) is 0 Å². The molecule has 1 unspecified atom stereocenters. The van der Waals surface area contributed by atoms with Crippen molar-refractivity contribution in [2.75, 3.05) is 18.1 Å². The summed E-state index contributed by atoms with van der Waals surface area (Å²) in [6, 6.07) is 5.44. The first kappa shape index (κ1) is 21.0. The maximum absolute atomic E-state index is 12.1. The largest absolute Gasteiger partial charge is 0.489 e. The number of aliphatic hydroxyl groups is 1. The molecule has 2 rings (SSSR count). The molecule has 0 saturated carbocycles. The molecule has 0 spiro atoms. The predicted octanol–water partition coefficient (Wildman–Crippen LogP) is 4.48. The number of nitrogens with zero attached hydrogens (tertiary/aromatic N) is 1. The molecule has 26 heavy (non-hydrogen) atoms. The van der Waals surface area contributed by atoms with Crippen LogP contribution in [0.3, 0.4) is 0 Å². The smallest absolute Gasteiger partial charge is 0.228 e. The summed E-state index contributed by atoms with van der Waals surface area (Å²) >= 11 is 14.2. The number of thiophene rings is 1. The Kier molecular flexibility index (Phi) is 7.73. The molecule has 1 atom stereocenters. The minimum atomic E-state index is -0.675. The molecule has 0 aliphatic heterocycles. The molecule has 5 nitrogen and oxygen atoms in total. The van der Waals surface area contributed by atoms with Crippen molar-refractivity contribution in [2.24, 2.45) is 0 Å². The van der Waals surface area contributed by atoms with Crippen molar-refractivity contribution in [1.82, 2.24) is 5.32 Å². The van der Waals surface area contributed by atoms with Crippen molar-refractivity contribution in [1.29, 1.82) is 0 Å². The van der Waals surface area contributed by atoms with Crippen molar-refractivity contribution in [3.05, 3.63) is 39.0 Å². The Morgan fingerprint density at radius 2 is 2.04 bits per heavy atom. The summed E-state index contributed by atoms with van der Waals surface area (Å²) < 4.78 is 5.59. The monoisotopic (exact) mass is 416 g/mol. The van der Waals surface area contributed by atoms with Gasteiger partial charge in [0.05, 0.1) is 16.4 Å². The van der Waals surface area contributed by atoms with E-state index in [0.29, 0.717) is 18.0 Å². The number of nitrogens with one attached hydrogen (secondary N) is 1. The van der Waals surface area contributed by atoms with E-state index in [2.05, 4.69) is 5.32 Å². The van der Waals surface area contributed by atoms with Crippen LogP contribution in [0, 0.1) is 0 Å². The molecule has 2 N–H and O–H groups in total. The molecule has 1 amide bonds. The molecule has 0 bridgehead atoms. The minimum Gasteiger partial charge on any atom is -0.489 e. The number of halogens is 2. The van der Waals surface area contributed by atoms with Crippen molar-refractivity contribution >= 4 is 51.8 Å². The van der Waals surface area contributed by atoms with E-state index in [1.54, 1.807) is 12.1 Å². The van der Waals surface area contributed by atoms with E-state index in [0.717, 1.165) is 5.69 Å². The minimum absolute atomic E-state index is 0.0794. The van der Waals surface area contributed by atoms with E-state index in [-0.39, 0.29) is 28.6 Å². The number of carbonyl (C=O) groups is 1. The second-order valence-electron chi connectivity index (χ2n) is 6.07. The highest BCUT2D eigenvalue weighted by Gasteiger charge is 2.21. The van der Waals surface area contributed by atoms with E-state index >= 15 is 0 Å². The molecule has 2 aromatic rings. The number of ether oxygens (including phenoxy) is 1. The summed E-state index contributed by atoms with van der Waals surface area (Å²) in [5.41, 5.74) is 1.21. The number of hydrogen-bond donors (Lipinski definition) is 2. The Bertz CT molecular complexity index is 738. The van der Waals surface area contributed by atoms with Crippen LogP contribution in [-0.4, -0.2) is 36.3 Å². The number of anilines is 2. The lowest BCUT2D eigenvalue weighted by atomic mass is 10.2. The van der Waals surface area contributed by atoms with Crippen molar-refractivity contribution in [3.8, 4) is 5.75 Å². The molecule has 0 saturated heterocycles. The van der Waals surface area contributed by atoms with Crippen LogP contribution < -0.4 is 15.0 Å². The topological polar surface area (TPSA) is 61.8 Å². The lowest BCUT2D eigenvalue weighted by Gasteiger charge is -2.23. The van der Waals surface area contributed by atoms with E-state index in [9.17, 15) is 9.90 Å². The fourth-order valence-electron chi connectivity index (χ4n) is 2.30. The summed E-state index contributed by atoms with van der Waals surface area (Å²) in [5.74, 6) is 0.183. The molecular formula is C18H22Cl2N2O3S. The first-order chi connectivity index (χ1) is 12.3. The van der Waals surface area contributed by atoms with Gasteiger partial charge in [-0.2, -0.15) is 11.3 Å². The van der Waals surface area contributed by atoms with Crippen LogP contribution in [-0.2, 0) is 4.79 Å². The van der Waals surface area contributed by atoms with Gasteiger partial charge >= 0.3 is 0 Å². The summed E-state index contributed by atoms with van der Waals surface area (Å²) in [6.45, 7) is 5.95. The number of carbonyl (C=O) groups excluding carboxylic acids is 1. The van der Waals surface area contributed by atoms with E-state index in [1.165, 1.54) is 23.2 Å². The van der Waals surface area contributed by atoms with Gasteiger partial charge in [0.1, 0.15) is 23.5 Å². The Morgan fingerprint density at radius 3 is 2.62 bits per heavy atom. The maximum Gasteiger partial charge on any atom is 0.228 e. The summed E-state index contributed by atoms with van der Waals surface area (Å²) in [7, 11) is 0. The van der Waals surface area contributed by atoms with E-state index in [4.69, 9.17) is 27.9 Å². The molecule has 0 fully saturated rings. The van der Waals surface area contributed by atoms with Crippen LogP contribution in [0.2, 0.25) is 10.0 Å². The number of hydrogen-bond acceptors (Lipinski definition) is 5. The SMILES string of the molecule is CC(=O)N(c1ccsc1)c1ccc(OCC(O)CNC(C)C)c(Cl)c1Cl. The van der Waals surface area contributed by atoms with Crippen LogP contribution in [0.15, 0.2) is 29.0 Å². The van der Waals surface area contributed by atoms with Gasteiger partial charge in [0.2, 0.25) is 5.91 Å². The van der Waals surface area contributed by atoms with Gasteiger partial charge in [-0.1, -0.05) is 37.0 Å². The van der Waals surface area contributed by atoms with Gasteiger partial charge in [0.15, 0.2) is 0 Å². The van der Waals surface area contributed by atoms with Crippen LogP contribution in [0.5, 0.6) is 5.75 Å². The Morgan fingerprint density at radius 1 is 1.31 bits per heavy atom. The summed E-state index contributed by atoms with van der Waals surface area (Å²) in [6.07, 6.45) is -0.675. The first-order valence-electron chi connectivity index (χ1n) is 8.16. The van der Waals surface area contributed by atoms with Crippen LogP contribution in [0.1, 0.15) is 20.8 Å². The Hall–Kier alpha value is -1.31. The highest BCUT2D eigenvalue weighted by Crippen LogP contribution is 2.42. The average molecular weight is 417 g/mol. The summed E-state index contributed by atoms with van der Waals surface area (Å²) in [5, 5.41) is 17.2. The zero-order valence-electron chi connectivity index (χ0n) is 14.8. The standard InChI is InChI=1S/C18H22Cl2N2O3S/c1-11(2)21-8-14(24)9-25-16-5-4-15(17(19)18(16)20)22(12(3)23)13-6-7-26-10-13/h4-7,10-11,14,21,24H,8-9H2,1-3H3. The molecule has 8 heteroatoms. The third-order valence-electron chi connectivity index (χ3n) is 3.54. The number of benzene rings is 1. The molecule has 1 aromatic carbocycles. The van der Waals surface area contributed by atoms with Gasteiger partial charge in [0, 0.05) is 24.9 Å². The van der Waals surface area contributed by atoms with Gasteiger partial charge in [-0.15, -0.1) is 0 Å². The number of aliphatic hydroxyl groups excluding tert-OH is 1. The van der Waals surface area contributed by atoms with Gasteiger partial charge in [0.25, 0.3) is 0 Å². The van der Waals surface area contributed by atoms with E-state index in [1.807, 2.05) is 30.7 Å². The third-order valence-corrected chi connectivity index (χ3v) is 5.06. The molecule has 142 valence electrons. The normalized spacial score (nSPS) is 12.3. The maximum atomic E-state index is 12.1. The first-order valence-corrected chi connectivity index (χ1v) is 9.86. The van der Waals surface area contributed by atoms with Crippen molar-refractivity contribution in [2.45, 2.75) is 32.9 Å². The van der Waals surface area contributed by atoms with Gasteiger partial charge < -0.3 is 15.2 Å². The zero-order valence-corrected chi connectivity index (χ0v) is 17.2. The van der Waals surface area contributed by atoms with Crippen molar-refractivity contribution < 1.29 is 14.6 Å². The van der Waals surface area contributed by atoms with Crippen LogP contribution in [0.4, 0.5) is 11.4 Å². The molecule has 0 aliphatic carbocycles. The van der Waals surface area contributed by atoms with Gasteiger partial charge in [-0.05, 0) is 23.6 Å². The highest BCUT2D eigenvalue weighted by atomic mass is 35.5. The van der Waals surface area contributed by atoms with Gasteiger partial charge in [-0.3, -0.25) is 9.69 Å². The number of rotatable bonds is 8. The number of amides is 1. The average Bonchev–Trinajstić information content (AvgIpc) is 3.10. The molecular weight excluding hydrogens is 395 g/mol. The predicted molar refractivity (Wildman–Crippen MR) is 108 cm³/mol. The zero-order chi connectivity index (χ0) is 19.3.